The molecule has 0 aromatic carbocycles. The molecule has 0 amide bonds. The smallest absolute Gasteiger partial charge is 0.0900 e. The van der Waals surface area contributed by atoms with Crippen LogP contribution in [0.5, 0.6) is 0 Å². The first-order chi connectivity index (χ1) is 6.87. The second-order valence-corrected chi connectivity index (χ2v) is 5.28. The van der Waals surface area contributed by atoms with Gasteiger partial charge in [0, 0.05) is 19.6 Å². The van der Waals surface area contributed by atoms with Crippen LogP contribution >= 0.6 is 0 Å². The molecule has 1 heterocycles. The lowest BCUT2D eigenvalue weighted by Gasteiger charge is -2.24. The summed E-state index contributed by atoms with van der Waals surface area (Å²) < 4.78 is 5.49. The summed E-state index contributed by atoms with van der Waals surface area (Å²) in [7, 11) is 0. The van der Waals surface area contributed by atoms with Gasteiger partial charge >= 0.3 is 0 Å². The van der Waals surface area contributed by atoms with Gasteiger partial charge in [0.1, 0.15) is 0 Å². The Morgan fingerprint density at radius 1 is 1.47 bits per heavy atom. The van der Waals surface area contributed by atoms with E-state index < -0.39 is 6.10 Å². The van der Waals surface area contributed by atoms with Crippen LogP contribution in [0, 0.1) is 0 Å². The summed E-state index contributed by atoms with van der Waals surface area (Å²) in [6.07, 6.45) is 0.127. The number of ether oxygens (including phenoxy) is 1. The summed E-state index contributed by atoms with van der Waals surface area (Å²) in [4.78, 5) is 2.07. The molecule has 1 unspecified atom stereocenters. The number of aliphatic hydroxyl groups is 2. The number of rotatable bonds is 4. The van der Waals surface area contributed by atoms with E-state index in [1.165, 1.54) is 0 Å². The molecule has 4 heteroatoms. The van der Waals surface area contributed by atoms with Crippen molar-refractivity contribution in [2.24, 2.45) is 0 Å². The minimum atomic E-state index is -0.463. The number of hydrogen-bond donors (Lipinski definition) is 2. The van der Waals surface area contributed by atoms with E-state index in [0.29, 0.717) is 19.7 Å². The molecule has 1 aliphatic rings. The molecular formula is C11H23NO3. The van der Waals surface area contributed by atoms with Gasteiger partial charge in [-0.2, -0.15) is 0 Å². The molecule has 0 aromatic rings. The van der Waals surface area contributed by atoms with E-state index in [9.17, 15) is 10.2 Å². The fraction of sp³-hybridized carbons (Fsp3) is 1.00. The number of aliphatic hydroxyl groups excluding tert-OH is 2. The Morgan fingerprint density at radius 2 is 2.13 bits per heavy atom. The molecule has 1 saturated heterocycles. The summed E-state index contributed by atoms with van der Waals surface area (Å²) in [6, 6.07) is 0. The molecule has 2 atom stereocenters. The van der Waals surface area contributed by atoms with Gasteiger partial charge in [0.15, 0.2) is 0 Å². The zero-order chi connectivity index (χ0) is 11.5. The molecule has 4 nitrogen and oxygen atoms in total. The van der Waals surface area contributed by atoms with Gasteiger partial charge in [0.05, 0.1) is 24.4 Å². The van der Waals surface area contributed by atoms with Crippen LogP contribution in [0.3, 0.4) is 0 Å². The predicted octanol–water partition coefficient (Wildman–Crippen LogP) is 0.229. The molecule has 0 radical (unpaired) electrons. The molecule has 1 aliphatic heterocycles. The van der Waals surface area contributed by atoms with Crippen molar-refractivity contribution >= 4 is 0 Å². The highest BCUT2D eigenvalue weighted by atomic mass is 16.5. The second-order valence-electron chi connectivity index (χ2n) is 5.28. The van der Waals surface area contributed by atoms with E-state index in [4.69, 9.17) is 4.74 Å². The van der Waals surface area contributed by atoms with Gasteiger partial charge in [0.25, 0.3) is 0 Å². The lowest BCUT2D eigenvalue weighted by atomic mass is 10.2. The Bertz CT molecular complexity index is 191. The Morgan fingerprint density at radius 3 is 2.60 bits per heavy atom. The zero-order valence-electron chi connectivity index (χ0n) is 9.94. The van der Waals surface area contributed by atoms with Crippen LogP contribution in [0.4, 0.5) is 0 Å². The summed E-state index contributed by atoms with van der Waals surface area (Å²) >= 11 is 0. The minimum Gasteiger partial charge on any atom is -0.392 e. The number of hydrogen-bond acceptors (Lipinski definition) is 4. The van der Waals surface area contributed by atoms with Crippen molar-refractivity contribution < 1.29 is 14.9 Å². The molecule has 0 aromatic heterocycles. The van der Waals surface area contributed by atoms with E-state index in [0.717, 1.165) is 13.0 Å². The summed E-state index contributed by atoms with van der Waals surface area (Å²) in [6.45, 7) is 8.40. The molecule has 1 rings (SSSR count). The van der Waals surface area contributed by atoms with Gasteiger partial charge in [0.2, 0.25) is 0 Å². The van der Waals surface area contributed by atoms with Crippen LogP contribution in [0.15, 0.2) is 0 Å². The van der Waals surface area contributed by atoms with Gasteiger partial charge in [-0.05, 0) is 27.2 Å². The van der Waals surface area contributed by atoms with Crippen LogP contribution < -0.4 is 0 Å². The minimum absolute atomic E-state index is 0.203. The summed E-state index contributed by atoms with van der Waals surface area (Å²) in [5.41, 5.74) is -0.203. The largest absolute Gasteiger partial charge is 0.392 e. The Labute approximate surface area is 91.8 Å². The molecule has 0 bridgehead atoms. The van der Waals surface area contributed by atoms with Crippen LogP contribution in [0.25, 0.3) is 0 Å². The van der Waals surface area contributed by atoms with Crippen molar-refractivity contribution in [3.63, 3.8) is 0 Å². The molecule has 1 fully saturated rings. The highest BCUT2D eigenvalue weighted by Gasteiger charge is 2.23. The lowest BCUT2D eigenvalue weighted by molar-refractivity contribution is -0.0552. The van der Waals surface area contributed by atoms with Gasteiger partial charge < -0.3 is 14.9 Å². The third-order valence-electron chi connectivity index (χ3n) is 2.43. The maximum atomic E-state index is 9.71. The van der Waals surface area contributed by atoms with Crippen molar-refractivity contribution in [1.82, 2.24) is 4.90 Å². The van der Waals surface area contributed by atoms with Crippen molar-refractivity contribution in [2.45, 2.75) is 45.0 Å². The van der Waals surface area contributed by atoms with E-state index in [1.54, 1.807) is 0 Å². The maximum Gasteiger partial charge on any atom is 0.0900 e. The average molecular weight is 217 g/mol. The van der Waals surface area contributed by atoms with Crippen LogP contribution in [-0.2, 0) is 4.74 Å². The molecular weight excluding hydrogens is 194 g/mol. The predicted molar refractivity (Wildman–Crippen MR) is 58.8 cm³/mol. The SMILES string of the molecule is CC(C)(C)OCC(O)CN1CC[C@H](O)C1. The number of likely N-dealkylation sites (tertiary alicyclic amines) is 1. The van der Waals surface area contributed by atoms with Gasteiger partial charge in [-0.15, -0.1) is 0 Å². The second kappa shape index (κ2) is 5.25. The Hall–Kier alpha value is -0.160. The average Bonchev–Trinajstić information content (AvgIpc) is 2.47. The molecule has 0 saturated carbocycles. The topological polar surface area (TPSA) is 52.9 Å². The fourth-order valence-corrected chi connectivity index (χ4v) is 1.67. The zero-order valence-corrected chi connectivity index (χ0v) is 9.94. The number of nitrogens with zero attached hydrogens (tertiary/aromatic N) is 1. The van der Waals surface area contributed by atoms with E-state index in [1.807, 2.05) is 20.8 Å². The van der Waals surface area contributed by atoms with Gasteiger partial charge in [-0.3, -0.25) is 4.90 Å². The first-order valence-electron chi connectivity index (χ1n) is 5.59. The Kier molecular flexibility index (Phi) is 4.52. The van der Waals surface area contributed by atoms with Crippen LogP contribution in [0.2, 0.25) is 0 Å². The van der Waals surface area contributed by atoms with Crippen molar-refractivity contribution in [2.75, 3.05) is 26.2 Å². The molecule has 2 N–H and O–H groups in total. The molecule has 90 valence electrons. The molecule has 15 heavy (non-hydrogen) atoms. The van der Waals surface area contributed by atoms with Gasteiger partial charge in [-0.25, -0.2) is 0 Å². The van der Waals surface area contributed by atoms with E-state index >= 15 is 0 Å². The van der Waals surface area contributed by atoms with E-state index in [-0.39, 0.29) is 11.7 Å². The van der Waals surface area contributed by atoms with Gasteiger partial charge in [-0.1, -0.05) is 0 Å². The van der Waals surface area contributed by atoms with Crippen molar-refractivity contribution in [1.29, 1.82) is 0 Å². The van der Waals surface area contributed by atoms with Crippen LogP contribution in [0.1, 0.15) is 27.2 Å². The maximum absolute atomic E-state index is 9.71. The van der Waals surface area contributed by atoms with Crippen molar-refractivity contribution in [3.8, 4) is 0 Å². The third-order valence-corrected chi connectivity index (χ3v) is 2.43. The quantitative estimate of drug-likeness (QED) is 0.708. The van der Waals surface area contributed by atoms with Crippen molar-refractivity contribution in [3.05, 3.63) is 0 Å². The standard InChI is InChI=1S/C11H23NO3/c1-11(2,3)15-8-10(14)7-12-5-4-9(13)6-12/h9-10,13-14H,4-8H2,1-3H3/t9-,10?/m0/s1. The molecule has 0 aliphatic carbocycles. The fourth-order valence-electron chi connectivity index (χ4n) is 1.67. The van der Waals surface area contributed by atoms with E-state index in [2.05, 4.69) is 4.90 Å². The molecule has 0 spiro atoms. The first-order valence-corrected chi connectivity index (χ1v) is 5.59. The monoisotopic (exact) mass is 217 g/mol. The lowest BCUT2D eigenvalue weighted by Crippen LogP contribution is -2.36. The summed E-state index contributed by atoms with van der Waals surface area (Å²) in [5, 5.41) is 19.0. The Balaban J connectivity index is 2.16. The highest BCUT2D eigenvalue weighted by Crippen LogP contribution is 2.11. The first kappa shape index (κ1) is 12.9. The summed E-state index contributed by atoms with van der Waals surface area (Å²) in [5.74, 6) is 0. The highest BCUT2D eigenvalue weighted by molar-refractivity contribution is 4.76. The van der Waals surface area contributed by atoms with Crippen LogP contribution in [-0.4, -0.2) is 59.2 Å². The normalized spacial score (nSPS) is 25.8. The third kappa shape index (κ3) is 5.47. The number of β-amino-alcohol motifs (C(OH)–C–C–N with tert-alkyl or cyclic N) is 2.